The standard InChI is InChI=1S/C15H23F3N2O3/c1-8(21)12(20-13(22)9-2-3-9)14(23)19-11-6-4-10(5-7-11)15(16,17)18/h8-12,21H,2-7H2,1H3,(H,19,23)(H,20,22). The number of aliphatic hydroxyl groups excluding tert-OH is 1. The molecule has 0 bridgehead atoms. The van der Waals surface area contributed by atoms with Gasteiger partial charge in [0.25, 0.3) is 0 Å². The van der Waals surface area contributed by atoms with Crippen LogP contribution in [0, 0.1) is 11.8 Å². The molecule has 2 amide bonds. The van der Waals surface area contributed by atoms with Gasteiger partial charge in [-0.1, -0.05) is 0 Å². The van der Waals surface area contributed by atoms with Gasteiger partial charge in [-0.2, -0.15) is 13.2 Å². The smallest absolute Gasteiger partial charge is 0.391 e. The minimum Gasteiger partial charge on any atom is -0.391 e. The molecule has 2 rings (SSSR count). The molecule has 2 fully saturated rings. The van der Waals surface area contributed by atoms with Gasteiger partial charge in [-0.25, -0.2) is 0 Å². The monoisotopic (exact) mass is 336 g/mol. The molecule has 3 N–H and O–H groups in total. The number of hydrogen-bond donors (Lipinski definition) is 3. The van der Waals surface area contributed by atoms with E-state index >= 15 is 0 Å². The largest absolute Gasteiger partial charge is 0.391 e. The van der Waals surface area contributed by atoms with Gasteiger partial charge in [0, 0.05) is 12.0 Å². The fourth-order valence-electron chi connectivity index (χ4n) is 2.88. The molecule has 2 aliphatic rings. The van der Waals surface area contributed by atoms with E-state index in [2.05, 4.69) is 10.6 Å². The first kappa shape index (κ1) is 18.0. The number of alkyl halides is 3. The van der Waals surface area contributed by atoms with Crippen LogP contribution >= 0.6 is 0 Å². The molecule has 2 unspecified atom stereocenters. The van der Waals surface area contributed by atoms with Crippen LogP contribution in [0.15, 0.2) is 0 Å². The van der Waals surface area contributed by atoms with Gasteiger partial charge in [-0.15, -0.1) is 0 Å². The van der Waals surface area contributed by atoms with E-state index in [4.69, 9.17) is 0 Å². The van der Waals surface area contributed by atoms with E-state index in [9.17, 15) is 27.9 Å². The lowest BCUT2D eigenvalue weighted by Gasteiger charge is -2.31. The molecule has 2 saturated carbocycles. The zero-order chi connectivity index (χ0) is 17.2. The van der Waals surface area contributed by atoms with Crippen LogP contribution in [0.2, 0.25) is 0 Å². The second kappa shape index (κ2) is 7.07. The van der Waals surface area contributed by atoms with Gasteiger partial charge in [0.1, 0.15) is 6.04 Å². The Morgan fingerprint density at radius 3 is 2.09 bits per heavy atom. The van der Waals surface area contributed by atoms with E-state index in [1.54, 1.807) is 0 Å². The van der Waals surface area contributed by atoms with E-state index in [1.807, 2.05) is 0 Å². The number of aliphatic hydroxyl groups is 1. The van der Waals surface area contributed by atoms with Crippen LogP contribution in [0.5, 0.6) is 0 Å². The zero-order valence-electron chi connectivity index (χ0n) is 13.0. The molecule has 0 aliphatic heterocycles. The third kappa shape index (κ3) is 5.09. The Kier molecular flexibility index (Phi) is 5.54. The van der Waals surface area contributed by atoms with Crippen LogP contribution in [-0.2, 0) is 9.59 Å². The molecule has 0 aromatic rings. The highest BCUT2D eigenvalue weighted by molar-refractivity contribution is 5.89. The first-order valence-electron chi connectivity index (χ1n) is 8.04. The molecule has 0 aromatic carbocycles. The van der Waals surface area contributed by atoms with Crippen molar-refractivity contribution in [2.75, 3.05) is 0 Å². The average Bonchev–Trinajstić information content (AvgIpc) is 3.28. The fraction of sp³-hybridized carbons (Fsp3) is 0.867. The summed E-state index contributed by atoms with van der Waals surface area (Å²) in [4.78, 5) is 23.9. The van der Waals surface area contributed by atoms with Crippen molar-refractivity contribution in [3.05, 3.63) is 0 Å². The van der Waals surface area contributed by atoms with E-state index in [0.717, 1.165) is 12.8 Å². The second-order valence-corrected chi connectivity index (χ2v) is 6.60. The topological polar surface area (TPSA) is 78.4 Å². The summed E-state index contributed by atoms with van der Waals surface area (Å²) >= 11 is 0. The molecule has 2 aliphatic carbocycles. The summed E-state index contributed by atoms with van der Waals surface area (Å²) in [5.41, 5.74) is 0. The Bertz CT molecular complexity index is 442. The predicted molar refractivity (Wildman–Crippen MR) is 76.3 cm³/mol. The number of hydrogen-bond acceptors (Lipinski definition) is 3. The van der Waals surface area contributed by atoms with E-state index < -0.39 is 30.1 Å². The zero-order valence-corrected chi connectivity index (χ0v) is 13.0. The Balaban J connectivity index is 1.83. The fourth-order valence-corrected chi connectivity index (χ4v) is 2.88. The summed E-state index contributed by atoms with van der Waals surface area (Å²) < 4.78 is 37.9. The minimum absolute atomic E-state index is 0.0117. The van der Waals surface area contributed by atoms with Gasteiger partial charge in [-0.05, 0) is 45.4 Å². The maximum absolute atomic E-state index is 12.6. The molecule has 132 valence electrons. The van der Waals surface area contributed by atoms with Crippen molar-refractivity contribution >= 4 is 11.8 Å². The van der Waals surface area contributed by atoms with Gasteiger partial charge >= 0.3 is 6.18 Å². The first-order valence-corrected chi connectivity index (χ1v) is 8.04. The van der Waals surface area contributed by atoms with Crippen molar-refractivity contribution < 1.29 is 27.9 Å². The number of rotatable bonds is 5. The molecule has 0 heterocycles. The van der Waals surface area contributed by atoms with Gasteiger partial charge in [-0.3, -0.25) is 9.59 Å². The number of halogens is 3. The van der Waals surface area contributed by atoms with Crippen LogP contribution < -0.4 is 10.6 Å². The number of carbonyl (C=O) groups is 2. The Hall–Kier alpha value is -1.31. The molecule has 8 heteroatoms. The number of carbonyl (C=O) groups excluding carboxylic acids is 2. The van der Waals surface area contributed by atoms with E-state index in [0.29, 0.717) is 0 Å². The van der Waals surface area contributed by atoms with E-state index in [1.165, 1.54) is 6.92 Å². The maximum atomic E-state index is 12.6. The molecule has 0 spiro atoms. The summed E-state index contributed by atoms with van der Waals surface area (Å²) in [5, 5.41) is 14.9. The molecule has 5 nitrogen and oxygen atoms in total. The molecular formula is C15H23F3N2O3. The highest BCUT2D eigenvalue weighted by Crippen LogP contribution is 2.37. The highest BCUT2D eigenvalue weighted by Gasteiger charge is 2.42. The predicted octanol–water partition coefficient (Wildman–Crippen LogP) is 1.50. The van der Waals surface area contributed by atoms with Gasteiger partial charge in [0.15, 0.2) is 0 Å². The Morgan fingerprint density at radius 1 is 1.09 bits per heavy atom. The Morgan fingerprint density at radius 2 is 1.65 bits per heavy atom. The van der Waals surface area contributed by atoms with Crippen molar-refractivity contribution in [1.29, 1.82) is 0 Å². The summed E-state index contributed by atoms with van der Waals surface area (Å²) in [6, 6.07) is -1.41. The van der Waals surface area contributed by atoms with Crippen LogP contribution in [0.25, 0.3) is 0 Å². The third-order valence-electron chi connectivity index (χ3n) is 4.55. The van der Waals surface area contributed by atoms with Crippen molar-refractivity contribution in [3.63, 3.8) is 0 Å². The van der Waals surface area contributed by atoms with Gasteiger partial charge in [0.2, 0.25) is 11.8 Å². The number of amides is 2. The molecular weight excluding hydrogens is 313 g/mol. The molecule has 0 aromatic heterocycles. The lowest BCUT2D eigenvalue weighted by molar-refractivity contribution is -0.182. The normalized spacial score (nSPS) is 27.9. The second-order valence-electron chi connectivity index (χ2n) is 6.60. The molecule has 2 atom stereocenters. The van der Waals surface area contributed by atoms with Crippen molar-refractivity contribution in [2.24, 2.45) is 11.8 Å². The van der Waals surface area contributed by atoms with Crippen molar-refractivity contribution in [1.82, 2.24) is 10.6 Å². The van der Waals surface area contributed by atoms with Crippen LogP contribution in [0.4, 0.5) is 13.2 Å². The number of nitrogens with one attached hydrogen (secondary N) is 2. The molecule has 23 heavy (non-hydrogen) atoms. The third-order valence-corrected chi connectivity index (χ3v) is 4.55. The van der Waals surface area contributed by atoms with Crippen LogP contribution in [-0.4, -0.2) is 41.3 Å². The van der Waals surface area contributed by atoms with Gasteiger partial charge < -0.3 is 15.7 Å². The quantitative estimate of drug-likeness (QED) is 0.712. The van der Waals surface area contributed by atoms with Gasteiger partial charge in [0.05, 0.1) is 12.0 Å². The van der Waals surface area contributed by atoms with Crippen molar-refractivity contribution in [2.45, 2.75) is 69.8 Å². The summed E-state index contributed by atoms with van der Waals surface area (Å²) in [5.74, 6) is -2.19. The molecule has 0 radical (unpaired) electrons. The summed E-state index contributed by atoms with van der Waals surface area (Å²) in [6.07, 6.45) is -3.22. The summed E-state index contributed by atoms with van der Waals surface area (Å²) in [6.45, 7) is 1.40. The maximum Gasteiger partial charge on any atom is 0.391 e. The SMILES string of the molecule is CC(O)C(NC(=O)C1CC1)C(=O)NC1CCC(C(F)(F)F)CC1. The first-order chi connectivity index (χ1) is 10.7. The Labute approximate surface area is 133 Å². The van der Waals surface area contributed by atoms with Crippen molar-refractivity contribution in [3.8, 4) is 0 Å². The summed E-state index contributed by atoms with van der Waals surface area (Å²) in [7, 11) is 0. The molecule has 0 saturated heterocycles. The van der Waals surface area contributed by atoms with Crippen LogP contribution in [0.1, 0.15) is 45.4 Å². The highest BCUT2D eigenvalue weighted by atomic mass is 19.4. The average molecular weight is 336 g/mol. The minimum atomic E-state index is -4.19. The van der Waals surface area contributed by atoms with Crippen LogP contribution in [0.3, 0.4) is 0 Å². The lowest BCUT2D eigenvalue weighted by Crippen LogP contribution is -2.55. The van der Waals surface area contributed by atoms with E-state index in [-0.39, 0.29) is 43.6 Å². The lowest BCUT2D eigenvalue weighted by atomic mass is 9.85.